The molecule has 2 aliphatic carbocycles. The molecule has 4 heteroatoms. The Balaban J connectivity index is 1.42. The van der Waals surface area contributed by atoms with Gasteiger partial charge in [0, 0.05) is 12.6 Å². The van der Waals surface area contributed by atoms with Crippen LogP contribution in [0.4, 0.5) is 0 Å². The molecular formula is C17H27N3O. The van der Waals surface area contributed by atoms with Crippen LogP contribution in [-0.2, 0) is 4.79 Å². The highest BCUT2D eigenvalue weighted by Gasteiger charge is 2.37. The standard InChI is InChI=1S/C17H27N3O/c18-12-15-4-3-11-20(15)16(21)13-19-14-5-9-17(10-6-14)7-1-2-8-17/h14-15,19H,1-11,13H2/t15-/m0/s1. The summed E-state index contributed by atoms with van der Waals surface area (Å²) >= 11 is 0. The number of nitriles is 1. The highest BCUT2D eigenvalue weighted by atomic mass is 16.2. The molecule has 2 saturated carbocycles. The van der Waals surface area contributed by atoms with Crippen LogP contribution in [0.5, 0.6) is 0 Å². The van der Waals surface area contributed by atoms with Crippen LogP contribution in [0.25, 0.3) is 0 Å². The van der Waals surface area contributed by atoms with E-state index in [1.807, 2.05) is 0 Å². The van der Waals surface area contributed by atoms with Gasteiger partial charge >= 0.3 is 0 Å². The number of hydrogen-bond donors (Lipinski definition) is 1. The highest BCUT2D eigenvalue weighted by Crippen LogP contribution is 2.48. The zero-order valence-corrected chi connectivity index (χ0v) is 12.9. The van der Waals surface area contributed by atoms with Gasteiger partial charge in [0.15, 0.2) is 0 Å². The predicted octanol–water partition coefficient (Wildman–Crippen LogP) is 2.59. The molecule has 1 saturated heterocycles. The number of carbonyl (C=O) groups is 1. The van der Waals surface area contributed by atoms with Crippen molar-refractivity contribution in [3.8, 4) is 6.07 Å². The third-order valence-electron chi connectivity index (χ3n) is 5.97. The lowest BCUT2D eigenvalue weighted by Crippen LogP contribution is -2.45. The van der Waals surface area contributed by atoms with Gasteiger partial charge in [-0.3, -0.25) is 4.79 Å². The van der Waals surface area contributed by atoms with Crippen LogP contribution < -0.4 is 5.32 Å². The fourth-order valence-corrected chi connectivity index (χ4v) is 4.59. The molecule has 1 heterocycles. The zero-order valence-electron chi connectivity index (χ0n) is 12.9. The van der Waals surface area contributed by atoms with Crippen molar-refractivity contribution < 1.29 is 4.79 Å². The Morgan fingerprint density at radius 3 is 2.52 bits per heavy atom. The van der Waals surface area contributed by atoms with Crippen molar-refractivity contribution in [3.63, 3.8) is 0 Å². The van der Waals surface area contributed by atoms with Crippen molar-refractivity contribution in [2.24, 2.45) is 5.41 Å². The van der Waals surface area contributed by atoms with E-state index in [1.165, 1.54) is 51.4 Å². The first-order valence-corrected chi connectivity index (χ1v) is 8.65. The second kappa shape index (κ2) is 6.36. The molecule has 1 spiro atoms. The molecule has 0 aromatic heterocycles. The minimum Gasteiger partial charge on any atom is -0.326 e. The summed E-state index contributed by atoms with van der Waals surface area (Å²) in [6.45, 7) is 1.17. The minimum absolute atomic E-state index is 0.111. The molecule has 1 atom stereocenters. The Morgan fingerprint density at radius 1 is 1.14 bits per heavy atom. The van der Waals surface area contributed by atoms with Gasteiger partial charge in [-0.2, -0.15) is 5.26 Å². The average molecular weight is 289 g/mol. The number of nitrogens with zero attached hydrogens (tertiary/aromatic N) is 2. The van der Waals surface area contributed by atoms with E-state index in [9.17, 15) is 4.79 Å². The molecule has 0 aromatic rings. The van der Waals surface area contributed by atoms with Crippen molar-refractivity contribution in [2.45, 2.75) is 76.3 Å². The summed E-state index contributed by atoms with van der Waals surface area (Å²) in [6, 6.07) is 2.56. The van der Waals surface area contributed by atoms with E-state index in [2.05, 4.69) is 11.4 Å². The maximum atomic E-state index is 12.2. The van der Waals surface area contributed by atoms with E-state index in [1.54, 1.807) is 4.90 Å². The second-order valence-electron chi connectivity index (χ2n) is 7.24. The molecule has 21 heavy (non-hydrogen) atoms. The molecule has 1 aliphatic heterocycles. The van der Waals surface area contributed by atoms with E-state index in [0.717, 1.165) is 19.4 Å². The molecule has 0 radical (unpaired) electrons. The van der Waals surface area contributed by atoms with Crippen LogP contribution in [0.15, 0.2) is 0 Å². The van der Waals surface area contributed by atoms with Crippen LogP contribution in [0.2, 0.25) is 0 Å². The lowest BCUT2D eigenvalue weighted by Gasteiger charge is -2.37. The van der Waals surface area contributed by atoms with E-state index in [0.29, 0.717) is 18.0 Å². The van der Waals surface area contributed by atoms with Gasteiger partial charge in [0.25, 0.3) is 0 Å². The van der Waals surface area contributed by atoms with Gasteiger partial charge in [0.2, 0.25) is 5.91 Å². The molecule has 0 unspecified atom stereocenters. The summed E-state index contributed by atoms with van der Waals surface area (Å²) in [4.78, 5) is 14.0. The lowest BCUT2D eigenvalue weighted by molar-refractivity contribution is -0.130. The van der Waals surface area contributed by atoms with Crippen molar-refractivity contribution in [3.05, 3.63) is 0 Å². The van der Waals surface area contributed by atoms with E-state index < -0.39 is 0 Å². The molecule has 1 amide bonds. The predicted molar refractivity (Wildman–Crippen MR) is 81.5 cm³/mol. The van der Waals surface area contributed by atoms with Crippen LogP contribution in [0, 0.1) is 16.7 Å². The Labute approximate surface area is 127 Å². The summed E-state index contributed by atoms with van der Waals surface area (Å²) in [5, 5.41) is 12.5. The van der Waals surface area contributed by atoms with Gasteiger partial charge in [-0.25, -0.2) is 0 Å². The first-order chi connectivity index (χ1) is 10.2. The Morgan fingerprint density at radius 2 is 1.86 bits per heavy atom. The number of rotatable bonds is 3. The third kappa shape index (κ3) is 3.23. The maximum absolute atomic E-state index is 12.2. The number of nitrogens with one attached hydrogen (secondary N) is 1. The molecule has 0 aromatic carbocycles. The average Bonchev–Trinajstić information content (AvgIpc) is 3.16. The molecule has 3 fully saturated rings. The third-order valence-corrected chi connectivity index (χ3v) is 5.97. The van der Waals surface area contributed by atoms with Gasteiger partial charge < -0.3 is 10.2 Å². The lowest BCUT2D eigenvalue weighted by atomic mass is 9.71. The zero-order chi connectivity index (χ0) is 14.7. The van der Waals surface area contributed by atoms with E-state index in [4.69, 9.17) is 5.26 Å². The molecule has 0 bridgehead atoms. The van der Waals surface area contributed by atoms with Crippen molar-refractivity contribution in [1.29, 1.82) is 5.26 Å². The fraction of sp³-hybridized carbons (Fsp3) is 0.882. The normalized spacial score (nSPS) is 28.9. The second-order valence-corrected chi connectivity index (χ2v) is 7.24. The van der Waals surface area contributed by atoms with Gasteiger partial charge in [-0.05, 0) is 56.8 Å². The monoisotopic (exact) mass is 289 g/mol. The summed E-state index contributed by atoms with van der Waals surface area (Å²) in [7, 11) is 0. The summed E-state index contributed by atoms with van der Waals surface area (Å²) in [6.07, 6.45) is 12.6. The first kappa shape index (κ1) is 14.8. The molecule has 3 aliphatic rings. The number of amides is 1. The molecule has 3 rings (SSSR count). The number of hydrogen-bond acceptors (Lipinski definition) is 3. The van der Waals surface area contributed by atoms with Crippen LogP contribution in [0.3, 0.4) is 0 Å². The SMILES string of the molecule is N#C[C@@H]1CCCN1C(=O)CNC1CCC2(CCCC2)CC1. The fourth-order valence-electron chi connectivity index (χ4n) is 4.59. The first-order valence-electron chi connectivity index (χ1n) is 8.65. The van der Waals surface area contributed by atoms with E-state index >= 15 is 0 Å². The van der Waals surface area contributed by atoms with Crippen molar-refractivity contribution in [1.82, 2.24) is 10.2 Å². The molecule has 4 nitrogen and oxygen atoms in total. The summed E-state index contributed by atoms with van der Waals surface area (Å²) < 4.78 is 0. The summed E-state index contributed by atoms with van der Waals surface area (Å²) in [5.41, 5.74) is 0.656. The van der Waals surface area contributed by atoms with Crippen molar-refractivity contribution >= 4 is 5.91 Å². The quantitative estimate of drug-likeness (QED) is 0.869. The number of carbonyl (C=O) groups excluding carboxylic acids is 1. The smallest absolute Gasteiger partial charge is 0.237 e. The Kier molecular flexibility index (Phi) is 4.49. The van der Waals surface area contributed by atoms with Gasteiger partial charge in [0.1, 0.15) is 6.04 Å². The van der Waals surface area contributed by atoms with Crippen LogP contribution >= 0.6 is 0 Å². The minimum atomic E-state index is -0.188. The van der Waals surface area contributed by atoms with Gasteiger partial charge in [-0.15, -0.1) is 0 Å². The van der Waals surface area contributed by atoms with Crippen molar-refractivity contribution in [2.75, 3.05) is 13.1 Å². The Hall–Kier alpha value is -1.08. The maximum Gasteiger partial charge on any atom is 0.237 e. The van der Waals surface area contributed by atoms with E-state index in [-0.39, 0.29) is 11.9 Å². The summed E-state index contributed by atoms with van der Waals surface area (Å²) in [5.74, 6) is 0.111. The van der Waals surface area contributed by atoms with Gasteiger partial charge in [0.05, 0.1) is 12.6 Å². The molecule has 1 N–H and O–H groups in total. The highest BCUT2D eigenvalue weighted by molar-refractivity contribution is 5.79. The largest absolute Gasteiger partial charge is 0.326 e. The molecule has 116 valence electrons. The number of likely N-dealkylation sites (tertiary alicyclic amines) is 1. The van der Waals surface area contributed by atoms with Gasteiger partial charge in [-0.1, -0.05) is 12.8 Å². The molecular weight excluding hydrogens is 262 g/mol. The topological polar surface area (TPSA) is 56.1 Å². The van der Waals surface area contributed by atoms with Crippen LogP contribution in [-0.4, -0.2) is 36.0 Å². The van der Waals surface area contributed by atoms with Crippen LogP contribution in [0.1, 0.15) is 64.2 Å². The Bertz CT molecular complexity index is 412.